The molecule has 0 radical (unpaired) electrons. The van der Waals surface area contributed by atoms with Gasteiger partial charge in [0.25, 0.3) is 0 Å². The average Bonchev–Trinajstić information content (AvgIpc) is 2.51. The van der Waals surface area contributed by atoms with Crippen LogP contribution in [0.5, 0.6) is 0 Å². The fraction of sp³-hybridized carbons (Fsp3) is 0.429. The molecule has 1 aromatic heterocycles. The number of aliphatic carboxylic acids is 1. The highest BCUT2D eigenvalue weighted by atomic mass is 35.5. The fourth-order valence-electron chi connectivity index (χ4n) is 0.775. The van der Waals surface area contributed by atoms with Crippen molar-refractivity contribution in [2.75, 3.05) is 0 Å². The predicted molar refractivity (Wildman–Crippen MR) is 47.6 cm³/mol. The third kappa shape index (κ3) is 2.79. The van der Waals surface area contributed by atoms with Gasteiger partial charge in [0, 0.05) is 11.8 Å². The van der Waals surface area contributed by atoms with Gasteiger partial charge in [0.15, 0.2) is 0 Å². The number of thiazole rings is 1. The number of rotatable bonds is 4. The summed E-state index contributed by atoms with van der Waals surface area (Å²) in [6.07, 6.45) is 0.520. The highest BCUT2D eigenvalue weighted by Crippen LogP contribution is 2.24. The minimum absolute atomic E-state index is 0.0890. The highest BCUT2D eigenvalue weighted by molar-refractivity contribution is 7.07. The number of hydrogen-bond acceptors (Lipinski definition) is 3. The molecule has 1 atom stereocenters. The third-order valence-corrected chi connectivity index (χ3v) is 2.43. The Balaban J connectivity index is 2.39. The highest BCUT2D eigenvalue weighted by Gasteiger charge is 2.11. The number of alkyl halides is 1. The predicted octanol–water partition coefficient (Wildman–Crippen LogP) is 2.29. The van der Waals surface area contributed by atoms with Gasteiger partial charge in [-0.1, -0.05) is 0 Å². The van der Waals surface area contributed by atoms with E-state index in [2.05, 4.69) is 4.98 Å². The van der Waals surface area contributed by atoms with Crippen LogP contribution in [-0.4, -0.2) is 16.1 Å². The van der Waals surface area contributed by atoms with Gasteiger partial charge in [0.2, 0.25) is 0 Å². The van der Waals surface area contributed by atoms with Crippen molar-refractivity contribution in [1.29, 1.82) is 0 Å². The van der Waals surface area contributed by atoms with Crippen LogP contribution in [0.1, 0.15) is 23.9 Å². The molecule has 0 spiro atoms. The van der Waals surface area contributed by atoms with Gasteiger partial charge >= 0.3 is 5.97 Å². The lowest BCUT2D eigenvalue weighted by molar-refractivity contribution is -0.137. The van der Waals surface area contributed by atoms with E-state index in [1.807, 2.05) is 5.38 Å². The molecule has 5 heteroatoms. The standard InChI is InChI=1S/C7H8ClNO2S/c8-5(1-2-7(10)11)6-3-12-4-9-6/h3-5H,1-2H2,(H,10,11). The number of carboxylic acids is 1. The molecule has 0 aliphatic rings. The smallest absolute Gasteiger partial charge is 0.303 e. The lowest BCUT2D eigenvalue weighted by Crippen LogP contribution is -1.98. The van der Waals surface area contributed by atoms with Crippen molar-refractivity contribution in [2.45, 2.75) is 18.2 Å². The van der Waals surface area contributed by atoms with Crippen LogP contribution in [0.2, 0.25) is 0 Å². The first-order chi connectivity index (χ1) is 5.70. The van der Waals surface area contributed by atoms with Gasteiger partial charge in [0.1, 0.15) is 0 Å². The summed E-state index contributed by atoms with van der Waals surface area (Å²) in [6.45, 7) is 0. The largest absolute Gasteiger partial charge is 0.481 e. The monoisotopic (exact) mass is 205 g/mol. The van der Waals surface area contributed by atoms with Crippen molar-refractivity contribution in [2.24, 2.45) is 0 Å². The van der Waals surface area contributed by atoms with Crippen LogP contribution in [0.3, 0.4) is 0 Å². The summed E-state index contributed by atoms with van der Waals surface area (Å²) in [6, 6.07) is 0. The van der Waals surface area contributed by atoms with Crippen molar-refractivity contribution in [3.05, 3.63) is 16.6 Å². The summed E-state index contributed by atoms with van der Waals surface area (Å²) >= 11 is 7.33. The molecular formula is C7H8ClNO2S. The van der Waals surface area contributed by atoms with Gasteiger partial charge in [-0.15, -0.1) is 22.9 Å². The minimum Gasteiger partial charge on any atom is -0.481 e. The zero-order valence-electron chi connectivity index (χ0n) is 6.24. The zero-order chi connectivity index (χ0) is 8.97. The van der Waals surface area contributed by atoms with Crippen LogP contribution in [-0.2, 0) is 4.79 Å². The molecular weight excluding hydrogens is 198 g/mol. The summed E-state index contributed by atoms with van der Waals surface area (Å²) < 4.78 is 0. The number of halogens is 1. The second-order valence-corrected chi connectivity index (χ2v) is 3.56. The average molecular weight is 206 g/mol. The van der Waals surface area contributed by atoms with Crippen molar-refractivity contribution < 1.29 is 9.90 Å². The van der Waals surface area contributed by atoms with E-state index in [0.717, 1.165) is 5.69 Å². The Hall–Kier alpha value is -0.610. The molecule has 0 aromatic carbocycles. The second kappa shape index (κ2) is 4.42. The molecule has 12 heavy (non-hydrogen) atoms. The van der Waals surface area contributed by atoms with E-state index in [1.54, 1.807) is 5.51 Å². The van der Waals surface area contributed by atoms with Gasteiger partial charge in [-0.25, -0.2) is 4.98 Å². The van der Waals surface area contributed by atoms with Crippen LogP contribution < -0.4 is 0 Å². The van der Waals surface area contributed by atoms with Gasteiger partial charge in [-0.2, -0.15) is 0 Å². The number of carboxylic acid groups (broad SMARTS) is 1. The number of aromatic nitrogens is 1. The molecule has 1 unspecified atom stereocenters. The molecule has 0 saturated heterocycles. The maximum atomic E-state index is 10.2. The Morgan fingerprint density at radius 2 is 2.58 bits per heavy atom. The van der Waals surface area contributed by atoms with E-state index in [0.29, 0.717) is 6.42 Å². The molecule has 1 heterocycles. The maximum absolute atomic E-state index is 10.2. The Labute approximate surface area is 79.0 Å². The molecule has 0 aliphatic heterocycles. The quantitative estimate of drug-likeness (QED) is 0.768. The second-order valence-electron chi connectivity index (χ2n) is 2.31. The van der Waals surface area contributed by atoms with Gasteiger partial charge in [-0.05, 0) is 6.42 Å². The minimum atomic E-state index is -0.823. The van der Waals surface area contributed by atoms with Crippen LogP contribution in [0.25, 0.3) is 0 Å². The van der Waals surface area contributed by atoms with Crippen LogP contribution in [0.4, 0.5) is 0 Å². The summed E-state index contributed by atoms with van der Waals surface area (Å²) in [4.78, 5) is 14.2. The van der Waals surface area contributed by atoms with E-state index in [9.17, 15) is 4.79 Å². The molecule has 3 nitrogen and oxygen atoms in total. The zero-order valence-corrected chi connectivity index (χ0v) is 7.81. The molecule has 0 amide bonds. The third-order valence-electron chi connectivity index (χ3n) is 1.38. The first kappa shape index (κ1) is 9.48. The molecule has 0 saturated carbocycles. The summed E-state index contributed by atoms with van der Waals surface area (Å²) in [5, 5.41) is 9.95. The van der Waals surface area contributed by atoms with Crippen molar-refractivity contribution in [1.82, 2.24) is 4.98 Å². The van der Waals surface area contributed by atoms with Gasteiger partial charge in [0.05, 0.1) is 16.6 Å². The summed E-state index contributed by atoms with van der Waals surface area (Å²) in [5.74, 6) is -0.823. The Kier molecular flexibility index (Phi) is 3.49. The van der Waals surface area contributed by atoms with Crippen LogP contribution in [0.15, 0.2) is 10.9 Å². The van der Waals surface area contributed by atoms with Crippen LogP contribution >= 0.6 is 22.9 Å². The fourth-order valence-corrected chi connectivity index (χ4v) is 1.69. The SMILES string of the molecule is O=C(O)CCC(Cl)c1cscn1. The van der Waals surface area contributed by atoms with E-state index in [1.165, 1.54) is 11.3 Å². The normalized spacial score (nSPS) is 12.8. The Bertz CT molecular complexity index is 250. The van der Waals surface area contributed by atoms with Crippen molar-refractivity contribution in [3.63, 3.8) is 0 Å². The first-order valence-electron chi connectivity index (χ1n) is 3.44. The molecule has 0 fully saturated rings. The molecule has 0 bridgehead atoms. The number of nitrogens with zero attached hydrogens (tertiary/aromatic N) is 1. The Morgan fingerprint density at radius 3 is 3.08 bits per heavy atom. The molecule has 1 aromatic rings. The van der Waals surface area contributed by atoms with Crippen LogP contribution in [0, 0.1) is 0 Å². The van der Waals surface area contributed by atoms with Crippen molar-refractivity contribution in [3.8, 4) is 0 Å². The van der Waals surface area contributed by atoms with E-state index >= 15 is 0 Å². The number of carbonyl (C=O) groups is 1. The topological polar surface area (TPSA) is 50.2 Å². The molecule has 66 valence electrons. The van der Waals surface area contributed by atoms with Gasteiger partial charge in [-0.3, -0.25) is 4.79 Å². The van der Waals surface area contributed by atoms with Gasteiger partial charge < -0.3 is 5.11 Å². The number of hydrogen-bond donors (Lipinski definition) is 1. The Morgan fingerprint density at radius 1 is 1.83 bits per heavy atom. The lowest BCUT2D eigenvalue weighted by atomic mass is 10.2. The van der Waals surface area contributed by atoms with E-state index in [4.69, 9.17) is 16.7 Å². The molecule has 0 aliphatic carbocycles. The first-order valence-corrected chi connectivity index (χ1v) is 4.82. The lowest BCUT2D eigenvalue weighted by Gasteiger charge is -2.02. The summed E-state index contributed by atoms with van der Waals surface area (Å²) in [5.41, 5.74) is 2.45. The van der Waals surface area contributed by atoms with E-state index < -0.39 is 5.97 Å². The maximum Gasteiger partial charge on any atom is 0.303 e. The molecule has 1 rings (SSSR count). The van der Waals surface area contributed by atoms with Crippen molar-refractivity contribution >= 4 is 28.9 Å². The van der Waals surface area contributed by atoms with E-state index in [-0.39, 0.29) is 11.8 Å². The molecule has 1 N–H and O–H groups in total. The summed E-state index contributed by atoms with van der Waals surface area (Å²) in [7, 11) is 0.